The molecule has 0 aliphatic rings. The lowest BCUT2D eigenvalue weighted by Gasteiger charge is -2.25. The standard InChI is InChI=1S/C30H36O5/c1-21-27(33-2)19-26(20-28(21)34-3)30(32)25(12-8-11-22-9-6-5-7-10-22)17-23-13-15-24(16-14-23)18-29(31)35-4/h5-7,9-10,13-16,19-20,25,30,32H,8,11-12,17-18H2,1-4H3/t25-,30-/m0/s1. The van der Waals surface area contributed by atoms with Gasteiger partial charge in [-0.1, -0.05) is 54.6 Å². The Labute approximate surface area is 208 Å². The smallest absolute Gasteiger partial charge is 0.309 e. The van der Waals surface area contributed by atoms with Crippen LogP contribution >= 0.6 is 0 Å². The van der Waals surface area contributed by atoms with Gasteiger partial charge in [0.2, 0.25) is 0 Å². The molecule has 0 fully saturated rings. The number of carbonyl (C=O) groups is 1. The molecule has 186 valence electrons. The third-order valence-corrected chi connectivity index (χ3v) is 6.54. The minimum Gasteiger partial charge on any atom is -0.496 e. The maximum atomic E-state index is 11.6. The minimum absolute atomic E-state index is 0.00212. The lowest BCUT2D eigenvalue weighted by molar-refractivity contribution is -0.139. The van der Waals surface area contributed by atoms with E-state index in [1.165, 1.54) is 12.7 Å². The van der Waals surface area contributed by atoms with Crippen LogP contribution in [-0.2, 0) is 28.8 Å². The fourth-order valence-corrected chi connectivity index (χ4v) is 4.47. The summed E-state index contributed by atoms with van der Waals surface area (Å²) in [5.41, 5.74) is 5.03. The molecule has 0 spiro atoms. The van der Waals surface area contributed by atoms with Crippen LogP contribution < -0.4 is 9.47 Å². The van der Waals surface area contributed by atoms with Crippen LogP contribution in [0.2, 0.25) is 0 Å². The predicted molar refractivity (Wildman–Crippen MR) is 138 cm³/mol. The molecule has 2 atom stereocenters. The van der Waals surface area contributed by atoms with Gasteiger partial charge in [0.05, 0.1) is 33.9 Å². The number of benzene rings is 3. The molecule has 0 aliphatic carbocycles. The highest BCUT2D eigenvalue weighted by Gasteiger charge is 2.24. The van der Waals surface area contributed by atoms with Gasteiger partial charge >= 0.3 is 5.97 Å². The highest BCUT2D eigenvalue weighted by Crippen LogP contribution is 2.36. The number of ether oxygens (including phenoxy) is 3. The third kappa shape index (κ3) is 7.33. The Morgan fingerprint density at radius 2 is 1.46 bits per heavy atom. The summed E-state index contributed by atoms with van der Waals surface area (Å²) in [6.07, 6.45) is 3.08. The van der Waals surface area contributed by atoms with Gasteiger partial charge in [-0.2, -0.15) is 0 Å². The predicted octanol–water partition coefficient (Wildman–Crippen LogP) is 5.64. The average Bonchev–Trinajstić information content (AvgIpc) is 2.89. The molecule has 0 amide bonds. The summed E-state index contributed by atoms with van der Waals surface area (Å²) < 4.78 is 15.8. The number of hydrogen-bond donors (Lipinski definition) is 1. The van der Waals surface area contributed by atoms with E-state index in [-0.39, 0.29) is 18.3 Å². The molecule has 0 saturated heterocycles. The monoisotopic (exact) mass is 476 g/mol. The first-order valence-corrected chi connectivity index (χ1v) is 12.0. The number of aliphatic hydroxyl groups excluding tert-OH is 1. The van der Waals surface area contributed by atoms with E-state index in [4.69, 9.17) is 14.2 Å². The second kappa shape index (κ2) is 13.0. The highest BCUT2D eigenvalue weighted by atomic mass is 16.5. The van der Waals surface area contributed by atoms with Crippen molar-refractivity contribution in [3.8, 4) is 11.5 Å². The van der Waals surface area contributed by atoms with Crippen LogP contribution in [-0.4, -0.2) is 32.4 Å². The van der Waals surface area contributed by atoms with Crippen molar-refractivity contribution in [3.63, 3.8) is 0 Å². The van der Waals surface area contributed by atoms with E-state index in [9.17, 15) is 9.90 Å². The highest BCUT2D eigenvalue weighted by molar-refractivity contribution is 5.72. The minimum atomic E-state index is -0.677. The van der Waals surface area contributed by atoms with Crippen LogP contribution in [0.3, 0.4) is 0 Å². The summed E-state index contributed by atoms with van der Waals surface area (Å²) in [4.78, 5) is 11.6. The Bertz CT molecular complexity index is 1050. The van der Waals surface area contributed by atoms with Crippen molar-refractivity contribution >= 4 is 5.97 Å². The zero-order valence-corrected chi connectivity index (χ0v) is 21.1. The number of aliphatic hydroxyl groups is 1. The van der Waals surface area contributed by atoms with Crippen LogP contribution in [0, 0.1) is 12.8 Å². The molecule has 5 heteroatoms. The van der Waals surface area contributed by atoms with E-state index in [1.54, 1.807) is 14.2 Å². The molecule has 0 radical (unpaired) electrons. The lowest BCUT2D eigenvalue weighted by Crippen LogP contribution is -2.17. The maximum absolute atomic E-state index is 11.6. The van der Waals surface area contributed by atoms with E-state index < -0.39 is 6.10 Å². The molecule has 0 aliphatic heterocycles. The summed E-state index contributed by atoms with van der Waals surface area (Å²) in [6, 6.07) is 22.2. The normalized spacial score (nSPS) is 12.6. The molecular formula is C30H36O5. The van der Waals surface area contributed by atoms with Gasteiger partial charge in [-0.3, -0.25) is 4.79 Å². The van der Waals surface area contributed by atoms with Gasteiger partial charge in [0, 0.05) is 5.56 Å². The fourth-order valence-electron chi connectivity index (χ4n) is 4.47. The SMILES string of the molecule is COC(=O)Cc1ccc(C[C@H](CCCc2ccccc2)[C@H](O)c2cc(OC)c(C)c(OC)c2)cc1. The van der Waals surface area contributed by atoms with Crippen molar-refractivity contribution in [2.45, 2.75) is 45.1 Å². The van der Waals surface area contributed by atoms with Crippen molar-refractivity contribution in [2.75, 3.05) is 21.3 Å². The van der Waals surface area contributed by atoms with E-state index in [1.807, 2.05) is 49.4 Å². The first-order valence-electron chi connectivity index (χ1n) is 12.0. The number of carbonyl (C=O) groups excluding carboxylic acids is 1. The molecule has 0 unspecified atom stereocenters. The van der Waals surface area contributed by atoms with Gasteiger partial charge in [0.25, 0.3) is 0 Å². The maximum Gasteiger partial charge on any atom is 0.309 e. The average molecular weight is 477 g/mol. The Kier molecular flexibility index (Phi) is 9.74. The topological polar surface area (TPSA) is 65.0 Å². The summed E-state index contributed by atoms with van der Waals surface area (Å²) in [7, 11) is 4.66. The third-order valence-electron chi connectivity index (χ3n) is 6.54. The number of methoxy groups -OCH3 is 3. The summed E-state index contributed by atoms with van der Waals surface area (Å²) in [6.45, 7) is 1.95. The van der Waals surface area contributed by atoms with Crippen molar-refractivity contribution in [1.82, 2.24) is 0 Å². The number of rotatable bonds is 12. The van der Waals surface area contributed by atoms with E-state index in [2.05, 4.69) is 24.3 Å². The Morgan fingerprint density at radius 3 is 2.03 bits per heavy atom. The van der Waals surface area contributed by atoms with E-state index >= 15 is 0 Å². The van der Waals surface area contributed by atoms with E-state index in [0.717, 1.165) is 41.5 Å². The Morgan fingerprint density at radius 1 is 0.857 bits per heavy atom. The first-order chi connectivity index (χ1) is 16.9. The van der Waals surface area contributed by atoms with Crippen molar-refractivity contribution < 1.29 is 24.1 Å². The number of esters is 1. The molecule has 0 bridgehead atoms. The van der Waals surface area contributed by atoms with Crippen molar-refractivity contribution in [3.05, 3.63) is 94.5 Å². The van der Waals surface area contributed by atoms with Crippen LogP contribution in [0.25, 0.3) is 0 Å². The second-order valence-electron chi connectivity index (χ2n) is 8.91. The van der Waals surface area contributed by atoms with Gasteiger partial charge in [0.15, 0.2) is 0 Å². The molecule has 0 aromatic heterocycles. The lowest BCUT2D eigenvalue weighted by atomic mass is 9.85. The molecule has 35 heavy (non-hydrogen) atoms. The molecule has 3 rings (SSSR count). The Balaban J connectivity index is 1.81. The van der Waals surface area contributed by atoms with Crippen molar-refractivity contribution in [2.24, 2.45) is 5.92 Å². The van der Waals surface area contributed by atoms with Crippen LogP contribution in [0.4, 0.5) is 0 Å². The van der Waals surface area contributed by atoms with Gasteiger partial charge in [-0.25, -0.2) is 0 Å². The summed E-state index contributed by atoms with van der Waals surface area (Å²) in [5.74, 6) is 1.15. The molecule has 0 saturated carbocycles. The van der Waals surface area contributed by atoms with Crippen LogP contribution in [0.15, 0.2) is 66.7 Å². The van der Waals surface area contributed by atoms with Crippen molar-refractivity contribution in [1.29, 1.82) is 0 Å². The zero-order valence-electron chi connectivity index (χ0n) is 21.1. The second-order valence-corrected chi connectivity index (χ2v) is 8.91. The summed E-state index contributed by atoms with van der Waals surface area (Å²) in [5, 5.41) is 11.5. The zero-order chi connectivity index (χ0) is 25.2. The molecule has 1 N–H and O–H groups in total. The quantitative estimate of drug-likeness (QED) is 0.343. The van der Waals surface area contributed by atoms with Gasteiger partial charge in [-0.15, -0.1) is 0 Å². The number of aryl methyl sites for hydroxylation is 1. The molecule has 0 heterocycles. The molecular weight excluding hydrogens is 440 g/mol. The first kappa shape index (κ1) is 26.3. The van der Waals surface area contributed by atoms with Gasteiger partial charge in [-0.05, 0) is 72.9 Å². The molecule has 5 nitrogen and oxygen atoms in total. The largest absolute Gasteiger partial charge is 0.496 e. The van der Waals surface area contributed by atoms with E-state index in [0.29, 0.717) is 17.9 Å². The summed E-state index contributed by atoms with van der Waals surface area (Å²) >= 11 is 0. The van der Waals surface area contributed by atoms with Gasteiger partial charge < -0.3 is 19.3 Å². The molecule has 3 aromatic carbocycles. The Hall–Kier alpha value is -3.31. The van der Waals surface area contributed by atoms with Crippen LogP contribution in [0.5, 0.6) is 11.5 Å². The number of hydrogen-bond acceptors (Lipinski definition) is 5. The molecule has 3 aromatic rings. The van der Waals surface area contributed by atoms with Gasteiger partial charge in [0.1, 0.15) is 11.5 Å². The fraction of sp³-hybridized carbons (Fsp3) is 0.367. The van der Waals surface area contributed by atoms with Crippen LogP contribution in [0.1, 0.15) is 46.8 Å².